The normalized spacial score (nSPS) is 9.78. The van der Waals surface area contributed by atoms with E-state index in [1.807, 2.05) is 41.8 Å². The van der Waals surface area contributed by atoms with E-state index in [1.54, 1.807) is 11.3 Å². The van der Waals surface area contributed by atoms with Gasteiger partial charge in [-0.25, -0.2) is 0 Å². The predicted molar refractivity (Wildman–Crippen MR) is 74.2 cm³/mol. The van der Waals surface area contributed by atoms with Crippen LogP contribution in [0.5, 0.6) is 5.75 Å². The molecule has 0 spiro atoms. The van der Waals surface area contributed by atoms with Gasteiger partial charge in [0.25, 0.3) is 0 Å². The standard InChI is InChI=1S/C13H11ClN2OS/c14-10-7-13(18-9-10)8-16-11-1-3-12(4-2-11)17-6-5-15/h1-4,7,9,16H,6,8H2. The zero-order chi connectivity index (χ0) is 12.8. The summed E-state index contributed by atoms with van der Waals surface area (Å²) in [6.07, 6.45) is 0. The second kappa shape index (κ2) is 6.29. The van der Waals surface area contributed by atoms with E-state index >= 15 is 0 Å². The van der Waals surface area contributed by atoms with Gasteiger partial charge in [0.2, 0.25) is 0 Å². The van der Waals surface area contributed by atoms with Gasteiger partial charge in [-0.15, -0.1) is 11.3 Å². The average Bonchev–Trinajstić information content (AvgIpc) is 2.81. The van der Waals surface area contributed by atoms with Crippen LogP contribution in [-0.4, -0.2) is 6.61 Å². The molecule has 0 fully saturated rings. The Balaban J connectivity index is 1.88. The Morgan fingerprint density at radius 2 is 2.11 bits per heavy atom. The van der Waals surface area contributed by atoms with E-state index in [0.717, 1.165) is 17.3 Å². The summed E-state index contributed by atoms with van der Waals surface area (Å²) in [4.78, 5) is 1.19. The fraction of sp³-hybridized carbons (Fsp3) is 0.154. The quantitative estimate of drug-likeness (QED) is 0.902. The molecule has 2 rings (SSSR count). The van der Waals surface area contributed by atoms with Crippen molar-refractivity contribution in [2.45, 2.75) is 6.54 Å². The molecule has 0 radical (unpaired) electrons. The molecular weight excluding hydrogens is 268 g/mol. The average molecular weight is 279 g/mol. The first-order valence-electron chi connectivity index (χ1n) is 5.34. The lowest BCUT2D eigenvalue weighted by Crippen LogP contribution is -1.98. The lowest BCUT2D eigenvalue weighted by Gasteiger charge is -2.06. The number of rotatable bonds is 5. The molecule has 0 bridgehead atoms. The van der Waals surface area contributed by atoms with Gasteiger partial charge in [-0.05, 0) is 30.3 Å². The van der Waals surface area contributed by atoms with Crippen molar-refractivity contribution in [3.63, 3.8) is 0 Å². The predicted octanol–water partition coefficient (Wildman–Crippen LogP) is 3.92. The smallest absolute Gasteiger partial charge is 0.174 e. The molecular formula is C13H11ClN2OS. The molecule has 0 saturated heterocycles. The summed E-state index contributed by atoms with van der Waals surface area (Å²) in [7, 11) is 0. The summed E-state index contributed by atoms with van der Waals surface area (Å²) in [6, 6.07) is 11.4. The molecule has 1 aromatic carbocycles. The summed E-state index contributed by atoms with van der Waals surface area (Å²) < 4.78 is 5.17. The van der Waals surface area contributed by atoms with Gasteiger partial charge in [0, 0.05) is 22.5 Å². The van der Waals surface area contributed by atoms with Gasteiger partial charge in [0.1, 0.15) is 11.8 Å². The Labute approximate surface area is 115 Å². The van der Waals surface area contributed by atoms with Crippen molar-refractivity contribution in [3.05, 3.63) is 45.6 Å². The number of hydrogen-bond donors (Lipinski definition) is 1. The number of anilines is 1. The Morgan fingerprint density at radius 3 is 2.72 bits per heavy atom. The van der Waals surface area contributed by atoms with Crippen LogP contribution < -0.4 is 10.1 Å². The molecule has 0 aliphatic rings. The van der Waals surface area contributed by atoms with Crippen LogP contribution in [0.25, 0.3) is 0 Å². The number of hydrogen-bond acceptors (Lipinski definition) is 4. The van der Waals surface area contributed by atoms with Gasteiger partial charge in [-0.3, -0.25) is 0 Å². The molecule has 0 amide bonds. The van der Waals surface area contributed by atoms with E-state index in [-0.39, 0.29) is 6.61 Å². The summed E-state index contributed by atoms with van der Waals surface area (Å²) in [5, 5.41) is 14.4. The highest BCUT2D eigenvalue weighted by Crippen LogP contribution is 2.21. The monoisotopic (exact) mass is 278 g/mol. The zero-order valence-electron chi connectivity index (χ0n) is 9.52. The number of ether oxygens (including phenoxy) is 1. The van der Waals surface area contributed by atoms with Crippen molar-refractivity contribution in [2.24, 2.45) is 0 Å². The van der Waals surface area contributed by atoms with Crippen molar-refractivity contribution in [1.29, 1.82) is 5.26 Å². The van der Waals surface area contributed by atoms with Gasteiger partial charge in [0.15, 0.2) is 6.61 Å². The number of nitrogens with zero attached hydrogens (tertiary/aromatic N) is 1. The minimum atomic E-state index is 0.0699. The first-order valence-corrected chi connectivity index (χ1v) is 6.60. The Kier molecular flexibility index (Phi) is 4.46. The molecule has 92 valence electrons. The fourth-order valence-electron chi connectivity index (χ4n) is 1.42. The summed E-state index contributed by atoms with van der Waals surface area (Å²) in [5.41, 5.74) is 1.00. The van der Waals surface area contributed by atoms with Crippen LogP contribution >= 0.6 is 22.9 Å². The summed E-state index contributed by atoms with van der Waals surface area (Å²) in [6.45, 7) is 0.816. The molecule has 0 saturated carbocycles. The molecule has 0 unspecified atom stereocenters. The molecule has 3 nitrogen and oxygen atoms in total. The number of nitriles is 1. The highest BCUT2D eigenvalue weighted by molar-refractivity contribution is 7.10. The fourth-order valence-corrected chi connectivity index (χ4v) is 2.43. The number of halogens is 1. The summed E-state index contributed by atoms with van der Waals surface area (Å²) >= 11 is 7.48. The van der Waals surface area contributed by atoms with E-state index in [4.69, 9.17) is 21.6 Å². The Bertz CT molecular complexity index is 545. The lowest BCUT2D eigenvalue weighted by molar-refractivity contribution is 0.368. The van der Waals surface area contributed by atoms with E-state index in [0.29, 0.717) is 5.75 Å². The maximum absolute atomic E-state index is 8.40. The maximum Gasteiger partial charge on any atom is 0.174 e. The van der Waals surface area contributed by atoms with Crippen LogP contribution in [0.3, 0.4) is 0 Å². The second-order valence-corrected chi connectivity index (χ2v) is 4.99. The third-order valence-corrected chi connectivity index (χ3v) is 3.53. The zero-order valence-corrected chi connectivity index (χ0v) is 11.1. The molecule has 0 aliphatic heterocycles. The molecule has 1 aromatic heterocycles. The maximum atomic E-state index is 8.40. The SMILES string of the molecule is N#CCOc1ccc(NCc2cc(Cl)cs2)cc1. The van der Waals surface area contributed by atoms with Crippen LogP contribution in [0.4, 0.5) is 5.69 Å². The minimum absolute atomic E-state index is 0.0699. The number of benzene rings is 1. The largest absolute Gasteiger partial charge is 0.479 e. The van der Waals surface area contributed by atoms with Crippen molar-refractivity contribution in [2.75, 3.05) is 11.9 Å². The third-order valence-electron chi connectivity index (χ3n) is 2.25. The third kappa shape index (κ3) is 3.66. The van der Waals surface area contributed by atoms with E-state index in [9.17, 15) is 0 Å². The van der Waals surface area contributed by atoms with Crippen LogP contribution in [0.15, 0.2) is 35.7 Å². The lowest BCUT2D eigenvalue weighted by atomic mass is 10.3. The Hall–Kier alpha value is -1.70. The van der Waals surface area contributed by atoms with Crippen LogP contribution in [0.1, 0.15) is 4.88 Å². The molecule has 1 heterocycles. The summed E-state index contributed by atoms with van der Waals surface area (Å²) in [5.74, 6) is 0.696. The highest BCUT2D eigenvalue weighted by atomic mass is 35.5. The topological polar surface area (TPSA) is 45.0 Å². The second-order valence-electron chi connectivity index (χ2n) is 3.56. The van der Waals surface area contributed by atoms with E-state index < -0.39 is 0 Å². The van der Waals surface area contributed by atoms with Crippen molar-refractivity contribution in [3.8, 4) is 11.8 Å². The molecule has 5 heteroatoms. The van der Waals surface area contributed by atoms with Gasteiger partial charge in [-0.1, -0.05) is 11.6 Å². The van der Waals surface area contributed by atoms with Gasteiger partial charge < -0.3 is 10.1 Å². The first-order chi connectivity index (χ1) is 8.78. The number of nitrogens with one attached hydrogen (secondary N) is 1. The van der Waals surface area contributed by atoms with Crippen molar-refractivity contribution >= 4 is 28.6 Å². The molecule has 0 atom stereocenters. The minimum Gasteiger partial charge on any atom is -0.479 e. The van der Waals surface area contributed by atoms with E-state index in [2.05, 4.69) is 5.32 Å². The Morgan fingerprint density at radius 1 is 1.33 bits per heavy atom. The van der Waals surface area contributed by atoms with Gasteiger partial charge >= 0.3 is 0 Å². The van der Waals surface area contributed by atoms with Crippen LogP contribution in [0, 0.1) is 11.3 Å². The molecule has 18 heavy (non-hydrogen) atoms. The molecule has 0 aliphatic carbocycles. The van der Waals surface area contributed by atoms with Crippen molar-refractivity contribution in [1.82, 2.24) is 0 Å². The molecule has 1 N–H and O–H groups in total. The van der Waals surface area contributed by atoms with Crippen LogP contribution in [-0.2, 0) is 6.54 Å². The van der Waals surface area contributed by atoms with Crippen molar-refractivity contribution < 1.29 is 4.74 Å². The first kappa shape index (κ1) is 12.7. The van der Waals surface area contributed by atoms with Gasteiger partial charge in [-0.2, -0.15) is 5.26 Å². The van der Waals surface area contributed by atoms with Gasteiger partial charge in [0.05, 0.1) is 5.02 Å². The highest BCUT2D eigenvalue weighted by Gasteiger charge is 1.98. The molecule has 2 aromatic rings. The number of thiophene rings is 1. The van der Waals surface area contributed by atoms with E-state index in [1.165, 1.54) is 4.88 Å². The van der Waals surface area contributed by atoms with Crippen LogP contribution in [0.2, 0.25) is 5.02 Å².